The summed E-state index contributed by atoms with van der Waals surface area (Å²) < 4.78 is 7.56. The van der Waals surface area contributed by atoms with Crippen LogP contribution >= 0.6 is 0 Å². The van der Waals surface area contributed by atoms with Crippen molar-refractivity contribution >= 4 is 16.9 Å². The Hall–Kier alpha value is -3.34. The molecular weight excluding hydrogens is 314 g/mol. The smallest absolute Gasteiger partial charge is 0.251 e. The second-order valence-corrected chi connectivity index (χ2v) is 5.88. The molecule has 0 radical (unpaired) electrons. The number of aromatic nitrogens is 2. The lowest BCUT2D eigenvalue weighted by Gasteiger charge is -2.11. The van der Waals surface area contributed by atoms with Crippen LogP contribution in [0, 0.1) is 0 Å². The monoisotopic (exact) mass is 331 g/mol. The number of para-hydroxylation sites is 1. The molecule has 0 spiro atoms. The Balaban J connectivity index is 1.49. The Kier molecular flexibility index (Phi) is 3.82. The molecule has 1 amide bonds. The fraction of sp³-hybridized carbons (Fsp3) is 0.100. The number of furan rings is 1. The first-order valence-corrected chi connectivity index (χ1v) is 8.10. The zero-order valence-electron chi connectivity index (χ0n) is 13.7. The summed E-state index contributed by atoms with van der Waals surface area (Å²) in [6, 6.07) is 18.7. The number of fused-ring (bicyclic) bond motifs is 1. The van der Waals surface area contributed by atoms with Gasteiger partial charge >= 0.3 is 0 Å². The molecule has 0 aliphatic rings. The van der Waals surface area contributed by atoms with Crippen molar-refractivity contribution in [3.8, 4) is 5.69 Å². The molecule has 2 aromatic carbocycles. The van der Waals surface area contributed by atoms with Crippen molar-refractivity contribution < 1.29 is 9.21 Å². The number of benzene rings is 2. The van der Waals surface area contributed by atoms with Gasteiger partial charge in [0.1, 0.15) is 11.3 Å². The third-order valence-corrected chi connectivity index (χ3v) is 4.12. The van der Waals surface area contributed by atoms with Gasteiger partial charge in [0.2, 0.25) is 0 Å². The molecule has 5 nitrogen and oxygen atoms in total. The first-order valence-electron chi connectivity index (χ1n) is 8.10. The minimum atomic E-state index is -0.217. The molecule has 4 rings (SSSR count). The molecule has 0 aliphatic heterocycles. The molecule has 1 N–H and O–H groups in total. The maximum atomic E-state index is 12.5. The molecule has 4 aromatic rings. The van der Waals surface area contributed by atoms with Crippen LogP contribution in [0.3, 0.4) is 0 Å². The quantitative estimate of drug-likeness (QED) is 0.612. The standard InChI is InChI=1S/C20H17N3O2/c1-14(19-13-16-5-2-3-6-18(16)25-19)22-20(24)15-7-9-17(10-8-15)23-12-4-11-21-23/h2-14H,1H3,(H,22,24)/t14-/m1/s1. The zero-order chi connectivity index (χ0) is 17.2. The highest BCUT2D eigenvalue weighted by atomic mass is 16.3. The summed E-state index contributed by atoms with van der Waals surface area (Å²) in [6.45, 7) is 1.91. The number of carbonyl (C=O) groups is 1. The lowest BCUT2D eigenvalue weighted by Crippen LogP contribution is -2.26. The lowest BCUT2D eigenvalue weighted by atomic mass is 10.1. The molecule has 0 saturated heterocycles. The predicted octanol–water partition coefficient (Wildman–Crippen LogP) is 4.11. The van der Waals surface area contributed by atoms with Crippen LogP contribution < -0.4 is 5.32 Å². The van der Waals surface area contributed by atoms with E-state index in [0.717, 1.165) is 22.4 Å². The normalized spacial score (nSPS) is 12.2. The summed E-state index contributed by atoms with van der Waals surface area (Å²) in [6.07, 6.45) is 3.58. The van der Waals surface area contributed by atoms with E-state index >= 15 is 0 Å². The minimum Gasteiger partial charge on any atom is -0.459 e. The van der Waals surface area contributed by atoms with Gasteiger partial charge in [-0.3, -0.25) is 4.79 Å². The van der Waals surface area contributed by atoms with Crippen LogP contribution in [0.5, 0.6) is 0 Å². The van der Waals surface area contributed by atoms with Gasteiger partial charge in [0.15, 0.2) is 0 Å². The second kappa shape index (κ2) is 6.28. The maximum Gasteiger partial charge on any atom is 0.251 e. The van der Waals surface area contributed by atoms with Crippen molar-refractivity contribution in [2.45, 2.75) is 13.0 Å². The third kappa shape index (κ3) is 3.04. The predicted molar refractivity (Wildman–Crippen MR) is 95.7 cm³/mol. The summed E-state index contributed by atoms with van der Waals surface area (Å²) in [7, 11) is 0. The van der Waals surface area contributed by atoms with Crippen molar-refractivity contribution in [3.63, 3.8) is 0 Å². The van der Waals surface area contributed by atoms with E-state index in [1.165, 1.54) is 0 Å². The van der Waals surface area contributed by atoms with E-state index in [0.29, 0.717) is 5.56 Å². The average Bonchev–Trinajstić information content (AvgIpc) is 3.31. The lowest BCUT2D eigenvalue weighted by molar-refractivity contribution is 0.0935. The highest BCUT2D eigenvalue weighted by Crippen LogP contribution is 2.23. The van der Waals surface area contributed by atoms with Crippen LogP contribution in [0.2, 0.25) is 0 Å². The fourth-order valence-corrected chi connectivity index (χ4v) is 2.75. The van der Waals surface area contributed by atoms with Crippen molar-refractivity contribution in [2.75, 3.05) is 0 Å². The highest BCUT2D eigenvalue weighted by molar-refractivity contribution is 5.94. The summed E-state index contributed by atoms with van der Waals surface area (Å²) >= 11 is 0. The molecule has 0 fully saturated rings. The largest absolute Gasteiger partial charge is 0.459 e. The third-order valence-electron chi connectivity index (χ3n) is 4.12. The molecule has 0 saturated carbocycles. The number of hydrogen-bond acceptors (Lipinski definition) is 3. The van der Waals surface area contributed by atoms with E-state index in [4.69, 9.17) is 4.42 Å². The van der Waals surface area contributed by atoms with Crippen molar-refractivity contribution in [2.24, 2.45) is 0 Å². The van der Waals surface area contributed by atoms with Gasteiger partial charge < -0.3 is 9.73 Å². The minimum absolute atomic E-state index is 0.139. The molecule has 0 bridgehead atoms. The summed E-state index contributed by atoms with van der Waals surface area (Å²) in [5, 5.41) is 8.18. The molecule has 25 heavy (non-hydrogen) atoms. The Morgan fingerprint density at radius 2 is 1.92 bits per heavy atom. The molecule has 0 unspecified atom stereocenters. The maximum absolute atomic E-state index is 12.5. The van der Waals surface area contributed by atoms with Gasteiger partial charge in [-0.15, -0.1) is 0 Å². The van der Waals surface area contributed by atoms with E-state index in [9.17, 15) is 4.79 Å². The molecule has 124 valence electrons. The number of carbonyl (C=O) groups excluding carboxylic acids is 1. The van der Waals surface area contributed by atoms with Gasteiger partial charge in [0.25, 0.3) is 5.91 Å². The summed E-state index contributed by atoms with van der Waals surface area (Å²) in [5.74, 6) is 0.600. The van der Waals surface area contributed by atoms with Crippen LogP contribution in [0.15, 0.2) is 77.5 Å². The molecular formula is C20H17N3O2. The fourth-order valence-electron chi connectivity index (χ4n) is 2.75. The first kappa shape index (κ1) is 15.2. The van der Waals surface area contributed by atoms with E-state index in [1.807, 2.05) is 61.7 Å². The van der Waals surface area contributed by atoms with Gasteiger partial charge in [0.05, 0.1) is 11.7 Å². The van der Waals surface area contributed by atoms with Gasteiger partial charge in [-0.25, -0.2) is 4.68 Å². The molecule has 0 aliphatic carbocycles. The SMILES string of the molecule is C[C@@H](NC(=O)c1ccc(-n2cccn2)cc1)c1cc2ccccc2o1. The molecule has 2 aromatic heterocycles. The topological polar surface area (TPSA) is 60.1 Å². The van der Waals surface area contributed by atoms with Crippen molar-refractivity contribution in [1.82, 2.24) is 15.1 Å². The Labute approximate surface area is 144 Å². The van der Waals surface area contributed by atoms with E-state index in [-0.39, 0.29) is 11.9 Å². The molecule has 2 heterocycles. The van der Waals surface area contributed by atoms with Gasteiger partial charge in [-0.1, -0.05) is 18.2 Å². The first-order chi connectivity index (χ1) is 12.2. The average molecular weight is 331 g/mol. The van der Waals surface area contributed by atoms with Gasteiger partial charge in [-0.05, 0) is 49.4 Å². The number of nitrogens with one attached hydrogen (secondary N) is 1. The van der Waals surface area contributed by atoms with Crippen LogP contribution in [0.1, 0.15) is 29.1 Å². The van der Waals surface area contributed by atoms with Crippen LogP contribution in [0.4, 0.5) is 0 Å². The Bertz CT molecular complexity index is 968. The van der Waals surface area contributed by atoms with Crippen molar-refractivity contribution in [3.05, 3.63) is 84.4 Å². The van der Waals surface area contributed by atoms with Crippen LogP contribution in [-0.4, -0.2) is 15.7 Å². The van der Waals surface area contributed by atoms with E-state index in [2.05, 4.69) is 10.4 Å². The van der Waals surface area contributed by atoms with Gasteiger partial charge in [-0.2, -0.15) is 5.10 Å². The zero-order valence-corrected chi connectivity index (χ0v) is 13.7. The molecule has 1 atom stereocenters. The number of amides is 1. The number of hydrogen-bond donors (Lipinski definition) is 1. The van der Waals surface area contributed by atoms with E-state index < -0.39 is 0 Å². The molecule has 5 heteroatoms. The highest BCUT2D eigenvalue weighted by Gasteiger charge is 2.15. The van der Waals surface area contributed by atoms with Crippen LogP contribution in [0.25, 0.3) is 16.7 Å². The number of rotatable bonds is 4. The summed E-state index contributed by atoms with van der Waals surface area (Å²) in [4.78, 5) is 12.5. The Morgan fingerprint density at radius 1 is 1.12 bits per heavy atom. The number of nitrogens with zero attached hydrogens (tertiary/aromatic N) is 2. The second-order valence-electron chi connectivity index (χ2n) is 5.88. The van der Waals surface area contributed by atoms with Gasteiger partial charge in [0, 0.05) is 23.3 Å². The van der Waals surface area contributed by atoms with E-state index in [1.54, 1.807) is 23.0 Å². The van der Waals surface area contributed by atoms with Crippen LogP contribution in [-0.2, 0) is 0 Å². The summed E-state index contributed by atoms with van der Waals surface area (Å²) in [5.41, 5.74) is 2.33. The Morgan fingerprint density at radius 3 is 2.64 bits per heavy atom. The van der Waals surface area contributed by atoms with Crippen molar-refractivity contribution in [1.29, 1.82) is 0 Å².